The first-order valence-corrected chi connectivity index (χ1v) is 5.52. The van der Waals surface area contributed by atoms with Crippen LogP contribution in [0.3, 0.4) is 0 Å². The van der Waals surface area contributed by atoms with Crippen LogP contribution in [0.1, 0.15) is 12.5 Å². The number of benzene rings is 1. The van der Waals surface area contributed by atoms with Gasteiger partial charge in [-0.05, 0) is 31.5 Å². The Balaban J connectivity index is 2.79. The summed E-state index contributed by atoms with van der Waals surface area (Å²) in [5.41, 5.74) is 0.925. The van der Waals surface area contributed by atoms with E-state index >= 15 is 0 Å². The Kier molecular flexibility index (Phi) is 3.49. The smallest absolute Gasteiger partial charge is 0.362 e. The van der Waals surface area contributed by atoms with Gasteiger partial charge in [0.25, 0.3) is 0 Å². The highest BCUT2D eigenvalue weighted by Gasteiger charge is 2.11. The molecule has 5 heteroatoms. The minimum atomic E-state index is -3.90. The maximum Gasteiger partial charge on any atom is 0.449 e. The second kappa shape index (κ2) is 4.43. The molecule has 0 saturated heterocycles. The van der Waals surface area contributed by atoms with Crippen LogP contribution < -0.4 is 4.18 Å². The average Bonchev–Trinajstić information content (AvgIpc) is 2.02. The Labute approximate surface area is 83.8 Å². The van der Waals surface area contributed by atoms with E-state index in [1.54, 1.807) is 25.1 Å². The molecule has 0 spiro atoms. The van der Waals surface area contributed by atoms with Gasteiger partial charge in [-0.1, -0.05) is 12.1 Å². The molecular formula is C9H12O4S. The second-order valence-electron chi connectivity index (χ2n) is 2.71. The zero-order chi connectivity index (χ0) is 10.6. The van der Waals surface area contributed by atoms with E-state index in [4.69, 9.17) is 0 Å². The fraction of sp³-hybridized carbons (Fsp3) is 0.333. The number of hydrogen-bond acceptors (Lipinski definition) is 4. The summed E-state index contributed by atoms with van der Waals surface area (Å²) in [7, 11) is -3.90. The predicted molar refractivity (Wildman–Crippen MR) is 52.4 cm³/mol. The van der Waals surface area contributed by atoms with E-state index in [0.717, 1.165) is 5.56 Å². The standard InChI is InChI=1S/C9H12O4S/c1-3-12-14(10,11)13-9-6-4-5-8(2)7-9/h4-7H,3H2,1-2H3. The third-order valence-corrected chi connectivity index (χ3v) is 2.37. The Morgan fingerprint density at radius 1 is 1.36 bits per heavy atom. The lowest BCUT2D eigenvalue weighted by atomic mass is 10.2. The summed E-state index contributed by atoms with van der Waals surface area (Å²) >= 11 is 0. The molecule has 0 saturated carbocycles. The molecule has 0 radical (unpaired) electrons. The zero-order valence-electron chi connectivity index (χ0n) is 8.06. The maximum absolute atomic E-state index is 11.1. The molecule has 1 rings (SSSR count). The van der Waals surface area contributed by atoms with Crippen LogP contribution >= 0.6 is 0 Å². The van der Waals surface area contributed by atoms with Crippen molar-refractivity contribution in [2.24, 2.45) is 0 Å². The van der Waals surface area contributed by atoms with Gasteiger partial charge in [-0.25, -0.2) is 4.18 Å². The van der Waals surface area contributed by atoms with Gasteiger partial charge in [-0.3, -0.25) is 0 Å². The van der Waals surface area contributed by atoms with Crippen LogP contribution in [0.25, 0.3) is 0 Å². The van der Waals surface area contributed by atoms with Gasteiger partial charge >= 0.3 is 10.4 Å². The highest BCUT2D eigenvalue weighted by Crippen LogP contribution is 2.15. The molecule has 0 fully saturated rings. The fourth-order valence-electron chi connectivity index (χ4n) is 0.953. The lowest BCUT2D eigenvalue weighted by Crippen LogP contribution is -2.12. The van der Waals surface area contributed by atoms with Crippen molar-refractivity contribution in [3.63, 3.8) is 0 Å². The van der Waals surface area contributed by atoms with Crippen LogP contribution in [0.5, 0.6) is 5.75 Å². The molecular weight excluding hydrogens is 204 g/mol. The van der Waals surface area contributed by atoms with Gasteiger partial charge in [0, 0.05) is 0 Å². The Bertz CT molecular complexity index is 397. The Hall–Kier alpha value is -1.07. The van der Waals surface area contributed by atoms with Crippen LogP contribution in [0.2, 0.25) is 0 Å². The minimum absolute atomic E-state index is 0.0636. The van der Waals surface area contributed by atoms with E-state index in [1.807, 2.05) is 13.0 Å². The van der Waals surface area contributed by atoms with E-state index in [0.29, 0.717) is 0 Å². The van der Waals surface area contributed by atoms with Crippen molar-refractivity contribution < 1.29 is 16.8 Å². The maximum atomic E-state index is 11.1. The number of hydrogen-bond donors (Lipinski definition) is 0. The van der Waals surface area contributed by atoms with Gasteiger partial charge in [0.2, 0.25) is 0 Å². The third kappa shape index (κ3) is 3.35. The summed E-state index contributed by atoms with van der Waals surface area (Å²) in [5.74, 6) is 0.262. The first-order chi connectivity index (χ1) is 6.53. The lowest BCUT2D eigenvalue weighted by molar-refractivity contribution is 0.288. The summed E-state index contributed by atoms with van der Waals surface area (Å²) in [5, 5.41) is 0. The van der Waals surface area contributed by atoms with Crippen molar-refractivity contribution in [2.75, 3.05) is 6.61 Å². The quantitative estimate of drug-likeness (QED) is 0.768. The van der Waals surface area contributed by atoms with Crippen molar-refractivity contribution in [3.8, 4) is 5.75 Å². The molecule has 1 aromatic carbocycles. The van der Waals surface area contributed by atoms with Crippen molar-refractivity contribution >= 4 is 10.4 Å². The fourth-order valence-corrected chi connectivity index (χ4v) is 1.63. The monoisotopic (exact) mass is 216 g/mol. The number of aryl methyl sites for hydroxylation is 1. The zero-order valence-corrected chi connectivity index (χ0v) is 8.87. The van der Waals surface area contributed by atoms with Crippen LogP contribution in [0.15, 0.2) is 24.3 Å². The molecule has 0 aliphatic rings. The normalized spacial score (nSPS) is 11.3. The van der Waals surface area contributed by atoms with Gasteiger partial charge in [-0.15, -0.1) is 0 Å². The summed E-state index contributed by atoms with van der Waals surface area (Å²) in [6.45, 7) is 3.49. The van der Waals surface area contributed by atoms with Crippen LogP contribution in [-0.4, -0.2) is 15.0 Å². The SMILES string of the molecule is CCOS(=O)(=O)Oc1cccc(C)c1. The topological polar surface area (TPSA) is 52.6 Å². The first kappa shape index (κ1) is 11.0. The largest absolute Gasteiger partial charge is 0.449 e. The molecule has 0 aliphatic carbocycles. The van der Waals surface area contributed by atoms with Gasteiger partial charge in [0.05, 0.1) is 6.61 Å². The van der Waals surface area contributed by atoms with Crippen LogP contribution in [0, 0.1) is 6.92 Å². The molecule has 0 N–H and O–H groups in total. The summed E-state index contributed by atoms with van der Waals surface area (Å²) in [6, 6.07) is 6.74. The molecule has 4 nitrogen and oxygen atoms in total. The lowest BCUT2D eigenvalue weighted by Gasteiger charge is -2.05. The molecule has 0 bridgehead atoms. The van der Waals surface area contributed by atoms with Gasteiger partial charge < -0.3 is 4.18 Å². The molecule has 0 unspecified atom stereocenters. The number of rotatable bonds is 4. The Morgan fingerprint density at radius 3 is 2.64 bits per heavy atom. The molecule has 1 aromatic rings. The van der Waals surface area contributed by atoms with Crippen molar-refractivity contribution in [1.82, 2.24) is 0 Å². The van der Waals surface area contributed by atoms with E-state index in [1.165, 1.54) is 0 Å². The van der Waals surface area contributed by atoms with Crippen LogP contribution in [-0.2, 0) is 14.6 Å². The first-order valence-electron chi connectivity index (χ1n) is 4.19. The summed E-state index contributed by atoms with van der Waals surface area (Å²) in [6.07, 6.45) is 0. The van der Waals surface area contributed by atoms with Crippen LogP contribution in [0.4, 0.5) is 0 Å². The highest BCUT2D eigenvalue weighted by atomic mass is 32.3. The molecule has 0 aliphatic heterocycles. The van der Waals surface area contributed by atoms with Crippen molar-refractivity contribution in [3.05, 3.63) is 29.8 Å². The van der Waals surface area contributed by atoms with E-state index in [2.05, 4.69) is 8.37 Å². The summed E-state index contributed by atoms with van der Waals surface area (Å²) < 4.78 is 31.2. The summed E-state index contributed by atoms with van der Waals surface area (Å²) in [4.78, 5) is 0. The third-order valence-electron chi connectivity index (χ3n) is 1.45. The molecule has 0 amide bonds. The molecule has 0 heterocycles. The van der Waals surface area contributed by atoms with Gasteiger partial charge in [0.1, 0.15) is 5.75 Å². The van der Waals surface area contributed by atoms with Gasteiger partial charge in [0.15, 0.2) is 0 Å². The van der Waals surface area contributed by atoms with Crippen molar-refractivity contribution in [2.45, 2.75) is 13.8 Å². The molecule has 0 aromatic heterocycles. The van der Waals surface area contributed by atoms with E-state index in [9.17, 15) is 8.42 Å². The molecule has 14 heavy (non-hydrogen) atoms. The van der Waals surface area contributed by atoms with Crippen molar-refractivity contribution in [1.29, 1.82) is 0 Å². The van der Waals surface area contributed by atoms with E-state index < -0.39 is 10.4 Å². The van der Waals surface area contributed by atoms with E-state index in [-0.39, 0.29) is 12.4 Å². The average molecular weight is 216 g/mol. The molecule has 78 valence electrons. The Morgan fingerprint density at radius 2 is 2.07 bits per heavy atom. The molecule has 0 atom stereocenters. The van der Waals surface area contributed by atoms with Gasteiger partial charge in [-0.2, -0.15) is 8.42 Å². The second-order valence-corrected chi connectivity index (χ2v) is 3.93. The highest BCUT2D eigenvalue weighted by molar-refractivity contribution is 7.82. The minimum Gasteiger partial charge on any atom is -0.362 e. The predicted octanol–water partition coefficient (Wildman–Crippen LogP) is 1.66.